The van der Waals surface area contributed by atoms with Gasteiger partial charge in [0.25, 0.3) is 11.1 Å². The first kappa shape index (κ1) is 42.2. The van der Waals surface area contributed by atoms with Crippen LogP contribution >= 0.6 is 11.6 Å². The summed E-state index contributed by atoms with van der Waals surface area (Å²) in [7, 11) is -8.34. The monoisotopic (exact) mass is 787 g/mol. The molecule has 1 amide bonds. The Morgan fingerprint density at radius 3 is 1.29 bits per heavy atom. The number of hydrogen-bond donors (Lipinski definition) is 2. The van der Waals surface area contributed by atoms with Crippen LogP contribution in [0.15, 0.2) is 39.0 Å². The zero-order valence-electron chi connectivity index (χ0n) is 28.0. The lowest BCUT2D eigenvalue weighted by Crippen LogP contribution is -2.26. The van der Waals surface area contributed by atoms with Crippen molar-refractivity contribution in [2.45, 2.75) is 124 Å². The molecule has 2 aliphatic rings. The summed E-state index contributed by atoms with van der Waals surface area (Å²) in [4.78, 5) is 25.0. The molecule has 0 aromatic heterocycles. The Balaban J connectivity index is 0.000000277. The lowest BCUT2D eigenvalue weighted by atomic mass is 10.0. The largest absolute Gasteiger partial charge is 0.417 e. The van der Waals surface area contributed by atoms with Crippen molar-refractivity contribution in [2.24, 2.45) is 16.5 Å². The lowest BCUT2D eigenvalue weighted by Gasteiger charge is -2.20. The predicted octanol–water partition coefficient (Wildman–Crippen LogP) is 7.81. The van der Waals surface area contributed by atoms with Crippen LogP contribution in [0.3, 0.4) is 0 Å². The second-order valence-electron chi connectivity index (χ2n) is 12.8. The molecule has 2 saturated carbocycles. The number of sulfone groups is 2. The second-order valence-corrected chi connectivity index (χ2v) is 17.5. The molecule has 0 heterocycles. The van der Waals surface area contributed by atoms with Gasteiger partial charge in [0.1, 0.15) is 0 Å². The number of amides is 1. The van der Waals surface area contributed by atoms with Crippen LogP contribution in [0.2, 0.25) is 0 Å². The average Bonchev–Trinajstić information content (AvgIpc) is 3.46. The Morgan fingerprint density at radius 1 is 0.647 bits per heavy atom. The van der Waals surface area contributed by atoms with Crippen LogP contribution in [0.1, 0.15) is 120 Å². The molecular formula is C33H40ClF6N3O6S2. The fourth-order valence-electron chi connectivity index (χ4n) is 6.36. The highest BCUT2D eigenvalue weighted by molar-refractivity contribution is 7.92. The fourth-order valence-corrected chi connectivity index (χ4v) is 10.8. The Kier molecular flexibility index (Phi) is 13.8. The van der Waals surface area contributed by atoms with Gasteiger partial charge in [0.05, 0.1) is 31.4 Å². The molecular weight excluding hydrogens is 748 g/mol. The number of rotatable bonds is 6. The van der Waals surface area contributed by atoms with Crippen molar-refractivity contribution in [1.82, 2.24) is 0 Å². The Bertz CT molecular complexity index is 1860. The lowest BCUT2D eigenvalue weighted by molar-refractivity contribution is -0.140. The minimum absolute atomic E-state index is 0.0604. The minimum Gasteiger partial charge on any atom is -0.370 e. The van der Waals surface area contributed by atoms with E-state index >= 15 is 0 Å². The molecule has 0 unspecified atom stereocenters. The van der Waals surface area contributed by atoms with E-state index in [4.69, 9.17) is 23.1 Å². The standard InChI is InChI=1S/C17H22F3N3O3S.C16H18ClF3O3S/c1-10-8-14(27(25,26)11-6-4-2-3-5-7-11)13(17(18,19)20)9-12(10)15(24)23-16(21)22;1-10-8-14(13(16(18,19)20)9-12(10)15(17)21)24(22,23)11-6-4-2-3-5-7-11/h8-9,11H,2-7H2,1H3,(H4,21,22,23,24);8-9,11H,2-7H2,1H3. The molecule has 2 fully saturated rings. The van der Waals surface area contributed by atoms with Gasteiger partial charge in [-0.2, -0.15) is 31.3 Å². The van der Waals surface area contributed by atoms with Crippen LogP contribution in [0.5, 0.6) is 0 Å². The van der Waals surface area contributed by atoms with E-state index in [0.29, 0.717) is 63.5 Å². The van der Waals surface area contributed by atoms with Crippen molar-refractivity contribution in [1.29, 1.82) is 0 Å². The predicted molar refractivity (Wildman–Crippen MR) is 180 cm³/mol. The third-order valence-corrected chi connectivity index (χ3v) is 13.8. The van der Waals surface area contributed by atoms with E-state index < -0.39 is 86.1 Å². The zero-order chi connectivity index (χ0) is 38.5. The highest BCUT2D eigenvalue weighted by Crippen LogP contribution is 2.41. The number of carbonyl (C=O) groups is 2. The highest BCUT2D eigenvalue weighted by atomic mass is 35.5. The number of guanidine groups is 1. The number of aliphatic imine (C=N–C) groups is 1. The molecule has 0 radical (unpaired) electrons. The number of hydrogen-bond acceptors (Lipinski definition) is 6. The zero-order valence-corrected chi connectivity index (χ0v) is 30.4. The molecule has 0 spiro atoms. The van der Waals surface area contributed by atoms with E-state index in [1.807, 2.05) is 0 Å². The van der Waals surface area contributed by atoms with Crippen LogP contribution in [0.4, 0.5) is 26.3 Å². The summed E-state index contributed by atoms with van der Waals surface area (Å²) in [6.07, 6.45) is -2.29. The van der Waals surface area contributed by atoms with Crippen molar-refractivity contribution in [3.05, 3.63) is 57.6 Å². The first-order valence-electron chi connectivity index (χ1n) is 16.2. The summed E-state index contributed by atoms with van der Waals surface area (Å²) in [6, 6.07) is 2.90. The van der Waals surface area contributed by atoms with Gasteiger partial charge in [-0.15, -0.1) is 0 Å². The van der Waals surface area contributed by atoms with E-state index in [1.165, 1.54) is 13.8 Å². The van der Waals surface area contributed by atoms with Gasteiger partial charge >= 0.3 is 12.4 Å². The maximum Gasteiger partial charge on any atom is 0.417 e. The first-order valence-corrected chi connectivity index (χ1v) is 19.7. The molecule has 4 rings (SSSR count). The van der Waals surface area contributed by atoms with Gasteiger partial charge in [-0.3, -0.25) is 9.59 Å². The molecule has 0 aliphatic heterocycles. The van der Waals surface area contributed by atoms with Gasteiger partial charge < -0.3 is 11.5 Å². The summed E-state index contributed by atoms with van der Waals surface area (Å²) >= 11 is 5.31. The topological polar surface area (TPSA) is 167 Å². The molecule has 0 saturated heterocycles. The number of halogens is 7. The van der Waals surface area contributed by atoms with E-state index in [9.17, 15) is 52.8 Å². The molecule has 9 nitrogen and oxygen atoms in total. The quantitative estimate of drug-likeness (QED) is 0.0983. The number of alkyl halides is 6. The summed E-state index contributed by atoms with van der Waals surface area (Å²) in [5, 5.41) is -2.73. The van der Waals surface area contributed by atoms with Crippen LogP contribution in [-0.2, 0) is 32.0 Å². The van der Waals surface area contributed by atoms with Crippen molar-refractivity contribution in [3.8, 4) is 0 Å². The normalized spacial score (nSPS) is 17.0. The number of carbonyl (C=O) groups excluding carboxylic acids is 2. The summed E-state index contributed by atoms with van der Waals surface area (Å²) < 4.78 is 133. The van der Waals surface area contributed by atoms with E-state index in [0.717, 1.165) is 37.8 Å². The molecule has 0 bridgehead atoms. The van der Waals surface area contributed by atoms with Crippen LogP contribution in [0.25, 0.3) is 0 Å². The van der Waals surface area contributed by atoms with E-state index in [-0.39, 0.29) is 16.7 Å². The van der Waals surface area contributed by atoms with Crippen molar-refractivity contribution in [3.63, 3.8) is 0 Å². The third kappa shape index (κ3) is 10.5. The summed E-state index contributed by atoms with van der Waals surface area (Å²) in [6.45, 7) is 2.73. The van der Waals surface area contributed by atoms with Gasteiger partial charge in [-0.1, -0.05) is 51.4 Å². The van der Waals surface area contributed by atoms with Gasteiger partial charge in [-0.25, -0.2) is 16.8 Å². The SMILES string of the molecule is Cc1cc(S(=O)(=O)C2CCCCCC2)c(C(F)(F)F)cc1C(=O)Cl.Cc1cc(S(=O)(=O)C2CCCCCC2)c(C(F)(F)F)cc1C(=O)N=C(N)N. The molecule has 51 heavy (non-hydrogen) atoms. The van der Waals surface area contributed by atoms with Gasteiger partial charge in [0, 0.05) is 11.1 Å². The first-order chi connectivity index (χ1) is 23.5. The fraction of sp³-hybridized carbons (Fsp3) is 0.545. The highest BCUT2D eigenvalue weighted by Gasteiger charge is 2.42. The molecule has 2 aromatic carbocycles. The van der Waals surface area contributed by atoms with Gasteiger partial charge in [-0.05, 0) is 86.5 Å². The second kappa shape index (κ2) is 16.7. The van der Waals surface area contributed by atoms with Gasteiger partial charge in [0.15, 0.2) is 25.6 Å². The van der Waals surface area contributed by atoms with E-state index in [1.54, 1.807) is 0 Å². The van der Waals surface area contributed by atoms with E-state index in [2.05, 4.69) is 4.99 Å². The smallest absolute Gasteiger partial charge is 0.370 e. The maximum atomic E-state index is 13.6. The number of nitrogens with two attached hydrogens (primary N) is 2. The van der Waals surface area contributed by atoms with Crippen LogP contribution in [-0.4, -0.2) is 44.4 Å². The molecule has 2 aromatic rings. The minimum atomic E-state index is -4.95. The summed E-state index contributed by atoms with van der Waals surface area (Å²) in [5.74, 6) is -1.65. The van der Waals surface area contributed by atoms with Crippen LogP contribution < -0.4 is 11.5 Å². The molecule has 2 aliphatic carbocycles. The molecule has 284 valence electrons. The molecule has 0 atom stereocenters. The van der Waals surface area contributed by atoms with Gasteiger partial charge in [0.2, 0.25) is 0 Å². The summed E-state index contributed by atoms with van der Waals surface area (Å²) in [5.41, 5.74) is 6.98. The number of benzene rings is 2. The number of nitrogens with zero attached hydrogens (tertiary/aromatic N) is 1. The third-order valence-electron chi connectivity index (χ3n) is 9.03. The van der Waals surface area contributed by atoms with Crippen molar-refractivity contribution < 1.29 is 52.8 Å². The van der Waals surface area contributed by atoms with Crippen molar-refractivity contribution in [2.75, 3.05) is 0 Å². The Hall–Kier alpha value is -3.18. The van der Waals surface area contributed by atoms with Crippen molar-refractivity contribution >= 4 is 48.4 Å². The average molecular weight is 788 g/mol. The number of aryl methyl sites for hydroxylation is 2. The van der Waals surface area contributed by atoms with Crippen LogP contribution in [0, 0.1) is 13.8 Å². The Morgan fingerprint density at radius 2 is 0.980 bits per heavy atom. The molecule has 18 heteroatoms. The Labute approximate surface area is 298 Å². The maximum absolute atomic E-state index is 13.6. The molecule has 4 N–H and O–H groups in total.